The Labute approximate surface area is 213 Å². The number of carbonyl (C=O) groups is 2. The van der Waals surface area contributed by atoms with E-state index in [0.29, 0.717) is 37.3 Å². The summed E-state index contributed by atoms with van der Waals surface area (Å²) in [5, 5.41) is 20.8. The summed E-state index contributed by atoms with van der Waals surface area (Å²) in [5.74, 6) is -1.70. The summed E-state index contributed by atoms with van der Waals surface area (Å²) in [7, 11) is 0. The highest BCUT2D eigenvalue weighted by molar-refractivity contribution is 5.96. The van der Waals surface area contributed by atoms with Gasteiger partial charge in [0.2, 0.25) is 0 Å². The fraction of sp³-hybridized carbons (Fsp3) is 0.276. The SMILES string of the molecule is O=C(O)c1ccc2c([C@@H](C(=O)O)N3C[C@@H]4C[C@@H](C3)c3cccc(=O)n3C4)cn(Cc3ccccc3)c2c1. The molecule has 8 nitrogen and oxygen atoms in total. The van der Waals surface area contributed by atoms with Crippen LogP contribution in [0, 0.1) is 5.92 Å². The molecule has 0 unspecified atom stereocenters. The van der Waals surface area contributed by atoms with E-state index in [1.807, 2.05) is 56.6 Å². The van der Waals surface area contributed by atoms with Crippen LogP contribution >= 0.6 is 0 Å². The van der Waals surface area contributed by atoms with Crippen LogP contribution in [0.1, 0.15) is 45.6 Å². The first-order valence-corrected chi connectivity index (χ1v) is 12.5. The van der Waals surface area contributed by atoms with E-state index in [0.717, 1.165) is 23.1 Å². The summed E-state index contributed by atoms with van der Waals surface area (Å²) in [6.45, 7) is 2.20. The van der Waals surface area contributed by atoms with E-state index < -0.39 is 18.0 Å². The number of carboxylic acid groups (broad SMARTS) is 2. The van der Waals surface area contributed by atoms with Crippen molar-refractivity contribution in [3.63, 3.8) is 0 Å². The maximum atomic E-state index is 12.8. The summed E-state index contributed by atoms with van der Waals surface area (Å²) >= 11 is 0. The average molecular weight is 498 g/mol. The van der Waals surface area contributed by atoms with E-state index in [1.54, 1.807) is 24.3 Å². The van der Waals surface area contributed by atoms with Crippen molar-refractivity contribution in [3.05, 3.63) is 106 Å². The number of hydrogen-bond acceptors (Lipinski definition) is 4. The van der Waals surface area contributed by atoms with E-state index in [1.165, 1.54) is 6.07 Å². The minimum absolute atomic E-state index is 0.00588. The first-order chi connectivity index (χ1) is 17.9. The van der Waals surface area contributed by atoms with Crippen molar-refractivity contribution in [1.82, 2.24) is 14.0 Å². The Morgan fingerprint density at radius 3 is 2.51 bits per heavy atom. The predicted octanol–water partition coefficient (Wildman–Crippen LogP) is 3.79. The standard InChI is InChI=1S/C29H27N3O5/c33-26-8-4-7-24-21-11-19(15-32(24)26)14-31(16-21)27(29(36)37)23-17-30(13-18-5-2-1-3-6-18)25-12-20(28(34)35)9-10-22(23)25/h1-10,12,17,19,21,27H,11,13-16H2,(H,34,35)(H,36,37)/t19-,21-,27-/m0/s1. The molecule has 2 bridgehead atoms. The lowest BCUT2D eigenvalue weighted by Crippen LogP contribution is -2.49. The second-order valence-corrected chi connectivity index (χ2v) is 10.1. The molecule has 6 rings (SSSR count). The normalized spacial score (nSPS) is 19.9. The van der Waals surface area contributed by atoms with Gasteiger partial charge >= 0.3 is 11.9 Å². The molecule has 2 N–H and O–H groups in total. The van der Waals surface area contributed by atoms with Gasteiger partial charge in [-0.15, -0.1) is 0 Å². The van der Waals surface area contributed by atoms with Gasteiger partial charge in [0.25, 0.3) is 5.56 Å². The maximum absolute atomic E-state index is 12.8. The molecule has 188 valence electrons. The third kappa shape index (κ3) is 4.13. The molecule has 3 atom stereocenters. The van der Waals surface area contributed by atoms with Crippen molar-refractivity contribution < 1.29 is 19.8 Å². The topological polar surface area (TPSA) is 105 Å². The summed E-state index contributed by atoms with van der Waals surface area (Å²) < 4.78 is 3.78. The molecule has 0 aliphatic carbocycles. The number of rotatable bonds is 6. The molecular weight excluding hydrogens is 470 g/mol. The molecule has 4 heterocycles. The fourth-order valence-corrected chi connectivity index (χ4v) is 6.21. The third-order valence-corrected chi connectivity index (χ3v) is 7.76. The molecule has 37 heavy (non-hydrogen) atoms. The molecule has 4 aromatic rings. The molecule has 2 aromatic heterocycles. The number of aromatic carboxylic acids is 1. The van der Waals surface area contributed by atoms with Gasteiger partial charge in [0.15, 0.2) is 0 Å². The number of piperidine rings is 1. The molecule has 1 saturated heterocycles. The van der Waals surface area contributed by atoms with Crippen LogP contribution in [0.2, 0.25) is 0 Å². The van der Waals surface area contributed by atoms with Crippen LogP contribution < -0.4 is 5.56 Å². The Kier molecular flexibility index (Phi) is 5.68. The van der Waals surface area contributed by atoms with Gasteiger partial charge in [-0.3, -0.25) is 14.5 Å². The van der Waals surface area contributed by atoms with Gasteiger partial charge in [-0.2, -0.15) is 0 Å². The Hall–Kier alpha value is -4.17. The molecular formula is C29H27N3O5. The van der Waals surface area contributed by atoms with Crippen LogP contribution in [0.15, 0.2) is 77.7 Å². The number of fused-ring (bicyclic) bond motifs is 5. The van der Waals surface area contributed by atoms with Crippen molar-refractivity contribution in [2.45, 2.75) is 31.5 Å². The second kappa shape index (κ2) is 9.05. The Morgan fingerprint density at radius 2 is 1.76 bits per heavy atom. The van der Waals surface area contributed by atoms with Gasteiger partial charge in [-0.25, -0.2) is 4.79 Å². The predicted molar refractivity (Wildman–Crippen MR) is 138 cm³/mol. The van der Waals surface area contributed by atoms with Crippen LogP contribution in [0.5, 0.6) is 0 Å². The van der Waals surface area contributed by atoms with E-state index in [4.69, 9.17) is 0 Å². The highest BCUT2D eigenvalue weighted by atomic mass is 16.4. The molecule has 2 aliphatic rings. The molecule has 2 aliphatic heterocycles. The molecule has 1 fully saturated rings. The first-order valence-electron chi connectivity index (χ1n) is 12.5. The van der Waals surface area contributed by atoms with E-state index >= 15 is 0 Å². The lowest BCUT2D eigenvalue weighted by molar-refractivity contribution is -0.144. The highest BCUT2D eigenvalue weighted by Crippen LogP contribution is 2.40. The number of aliphatic carboxylic acids is 1. The van der Waals surface area contributed by atoms with Crippen LogP contribution in [0.3, 0.4) is 0 Å². The quantitative estimate of drug-likeness (QED) is 0.420. The number of aromatic nitrogens is 2. The molecule has 2 aromatic carbocycles. The Morgan fingerprint density at radius 1 is 0.946 bits per heavy atom. The second-order valence-electron chi connectivity index (χ2n) is 10.1. The van der Waals surface area contributed by atoms with Gasteiger partial charge in [-0.1, -0.05) is 42.5 Å². The lowest BCUT2D eigenvalue weighted by Gasteiger charge is -2.44. The van der Waals surface area contributed by atoms with Gasteiger partial charge in [0, 0.05) is 66.5 Å². The summed E-state index contributed by atoms with van der Waals surface area (Å²) in [5.41, 5.74) is 3.50. The highest BCUT2D eigenvalue weighted by Gasteiger charge is 2.40. The zero-order valence-electron chi connectivity index (χ0n) is 20.2. The number of hydrogen-bond donors (Lipinski definition) is 2. The molecule has 0 radical (unpaired) electrons. The lowest BCUT2D eigenvalue weighted by atomic mass is 9.82. The monoisotopic (exact) mass is 497 g/mol. The van der Waals surface area contributed by atoms with Crippen molar-refractivity contribution in [2.75, 3.05) is 13.1 Å². The molecule has 0 amide bonds. The van der Waals surface area contributed by atoms with E-state index in [-0.39, 0.29) is 23.0 Å². The van der Waals surface area contributed by atoms with Gasteiger partial charge < -0.3 is 19.3 Å². The van der Waals surface area contributed by atoms with Crippen LogP contribution in [0.25, 0.3) is 10.9 Å². The minimum Gasteiger partial charge on any atom is -0.480 e. The van der Waals surface area contributed by atoms with E-state index in [2.05, 4.69) is 0 Å². The fourth-order valence-electron chi connectivity index (χ4n) is 6.21. The van der Waals surface area contributed by atoms with Crippen molar-refractivity contribution in [3.8, 4) is 0 Å². The summed E-state index contributed by atoms with van der Waals surface area (Å²) in [6.07, 6.45) is 2.80. The largest absolute Gasteiger partial charge is 0.480 e. The van der Waals surface area contributed by atoms with Crippen molar-refractivity contribution in [2.24, 2.45) is 5.92 Å². The molecule has 0 saturated carbocycles. The number of likely N-dealkylation sites (tertiary alicyclic amines) is 1. The van der Waals surface area contributed by atoms with Crippen molar-refractivity contribution >= 4 is 22.8 Å². The smallest absolute Gasteiger partial charge is 0.335 e. The minimum atomic E-state index is -1.02. The van der Waals surface area contributed by atoms with Gasteiger partial charge in [0.05, 0.1) is 5.56 Å². The van der Waals surface area contributed by atoms with Crippen LogP contribution in [-0.2, 0) is 17.9 Å². The van der Waals surface area contributed by atoms with Gasteiger partial charge in [0.1, 0.15) is 6.04 Å². The zero-order chi connectivity index (χ0) is 25.7. The number of nitrogens with zero attached hydrogens (tertiary/aromatic N) is 3. The van der Waals surface area contributed by atoms with Crippen LogP contribution in [0.4, 0.5) is 0 Å². The zero-order valence-corrected chi connectivity index (χ0v) is 20.2. The van der Waals surface area contributed by atoms with Gasteiger partial charge in [-0.05, 0) is 36.1 Å². The summed E-state index contributed by atoms with van der Waals surface area (Å²) in [4.78, 5) is 39.0. The molecule has 8 heteroatoms. The van der Waals surface area contributed by atoms with Crippen LogP contribution in [-0.4, -0.2) is 49.3 Å². The summed E-state index contributed by atoms with van der Waals surface area (Å²) in [6, 6.07) is 19.1. The Bertz CT molecular complexity index is 1570. The first kappa shape index (κ1) is 23.2. The number of pyridine rings is 1. The average Bonchev–Trinajstić information content (AvgIpc) is 3.22. The Balaban J connectivity index is 1.43. The number of benzene rings is 2. The molecule has 0 spiro atoms. The maximum Gasteiger partial charge on any atom is 0.335 e. The van der Waals surface area contributed by atoms with Crippen molar-refractivity contribution in [1.29, 1.82) is 0 Å². The third-order valence-electron chi connectivity index (χ3n) is 7.76. The van der Waals surface area contributed by atoms with E-state index in [9.17, 15) is 24.6 Å². The number of carboxylic acids is 2.